The molecule has 1 aromatic heterocycles. The predicted octanol–water partition coefficient (Wildman–Crippen LogP) is 3.21. The molecule has 0 radical (unpaired) electrons. The first-order valence-electron chi connectivity index (χ1n) is 9.41. The van der Waals surface area contributed by atoms with Crippen molar-refractivity contribution >= 4 is 29.3 Å². The van der Waals surface area contributed by atoms with Crippen molar-refractivity contribution in [2.45, 2.75) is 13.3 Å². The molecule has 6 nitrogen and oxygen atoms in total. The zero-order valence-electron chi connectivity index (χ0n) is 16.3. The lowest BCUT2D eigenvalue weighted by atomic mass is 10.2. The van der Waals surface area contributed by atoms with E-state index in [9.17, 15) is 9.59 Å². The van der Waals surface area contributed by atoms with Crippen molar-refractivity contribution in [1.82, 2.24) is 15.1 Å². The fraction of sp³-hybridized carbons (Fsp3) is 0.227. The molecule has 0 aliphatic rings. The molecule has 0 atom stereocenters. The van der Waals surface area contributed by atoms with Crippen LogP contribution in [0.5, 0.6) is 0 Å². The van der Waals surface area contributed by atoms with E-state index in [0.29, 0.717) is 13.0 Å². The molecule has 0 saturated heterocycles. The van der Waals surface area contributed by atoms with Gasteiger partial charge in [0.25, 0.3) is 0 Å². The largest absolute Gasteiger partial charge is 0.355 e. The Balaban J connectivity index is 1.32. The van der Waals surface area contributed by atoms with Crippen molar-refractivity contribution in [1.29, 1.82) is 0 Å². The predicted molar refractivity (Wildman–Crippen MR) is 117 cm³/mol. The number of hydrogen-bond donors (Lipinski definition) is 2. The first-order valence-corrected chi connectivity index (χ1v) is 10.6. The molecule has 3 rings (SSSR count). The molecule has 0 aliphatic carbocycles. The number of aryl methyl sites for hydroxylation is 1. The molecule has 0 fully saturated rings. The van der Waals surface area contributed by atoms with E-state index in [0.717, 1.165) is 22.6 Å². The van der Waals surface area contributed by atoms with Gasteiger partial charge in [0.15, 0.2) is 0 Å². The summed E-state index contributed by atoms with van der Waals surface area (Å²) in [4.78, 5) is 23.9. The maximum atomic E-state index is 12.0. The van der Waals surface area contributed by atoms with Gasteiger partial charge in [0, 0.05) is 24.8 Å². The van der Waals surface area contributed by atoms with Gasteiger partial charge in [0.2, 0.25) is 11.8 Å². The Morgan fingerprint density at radius 2 is 1.79 bits per heavy atom. The molecule has 7 heteroatoms. The number of benzene rings is 2. The maximum Gasteiger partial charge on any atom is 0.234 e. The third-order valence-corrected chi connectivity index (χ3v) is 5.07. The lowest BCUT2D eigenvalue weighted by molar-refractivity contribution is -0.118. The number of rotatable bonds is 9. The number of para-hydroxylation sites is 1. The summed E-state index contributed by atoms with van der Waals surface area (Å²) < 4.78 is 1.82. The molecule has 2 aromatic carbocycles. The summed E-state index contributed by atoms with van der Waals surface area (Å²) in [5, 5.41) is 10.2. The monoisotopic (exact) mass is 408 g/mol. The van der Waals surface area contributed by atoms with E-state index in [1.807, 2.05) is 78.5 Å². The van der Waals surface area contributed by atoms with Crippen LogP contribution in [-0.2, 0) is 16.0 Å². The fourth-order valence-corrected chi connectivity index (χ4v) is 3.40. The van der Waals surface area contributed by atoms with E-state index in [1.54, 1.807) is 0 Å². The standard InChI is InChI=1S/C22H24N4O2S/c1-17-6-5-7-19(14-17)24-22(28)16-29-15-21(27)23-12-10-18-11-13-26(25-18)20-8-3-2-4-9-20/h2-9,11,13-14H,10,12,15-16H2,1H3,(H,23,27)(H,24,28). The van der Waals surface area contributed by atoms with Gasteiger partial charge in [0.1, 0.15) is 0 Å². The minimum Gasteiger partial charge on any atom is -0.355 e. The molecule has 0 saturated carbocycles. The zero-order valence-corrected chi connectivity index (χ0v) is 17.1. The Morgan fingerprint density at radius 1 is 1.00 bits per heavy atom. The number of amides is 2. The number of aromatic nitrogens is 2. The smallest absolute Gasteiger partial charge is 0.234 e. The number of carbonyl (C=O) groups excluding carboxylic acids is 2. The molecule has 150 valence electrons. The van der Waals surface area contributed by atoms with Crippen LogP contribution in [0.4, 0.5) is 5.69 Å². The summed E-state index contributed by atoms with van der Waals surface area (Å²) in [5.74, 6) is 0.295. The average molecular weight is 409 g/mol. The molecule has 29 heavy (non-hydrogen) atoms. The van der Waals surface area contributed by atoms with Crippen LogP contribution in [0.2, 0.25) is 0 Å². The number of nitrogens with one attached hydrogen (secondary N) is 2. The number of anilines is 1. The summed E-state index contributed by atoms with van der Waals surface area (Å²) in [6.07, 6.45) is 2.57. The topological polar surface area (TPSA) is 76.0 Å². The number of thioether (sulfide) groups is 1. The summed E-state index contributed by atoms with van der Waals surface area (Å²) >= 11 is 1.30. The third-order valence-electron chi connectivity index (χ3n) is 4.14. The van der Waals surface area contributed by atoms with Crippen molar-refractivity contribution in [2.24, 2.45) is 0 Å². The van der Waals surface area contributed by atoms with Gasteiger partial charge >= 0.3 is 0 Å². The molecular formula is C22H24N4O2S. The van der Waals surface area contributed by atoms with Crippen molar-refractivity contribution in [3.05, 3.63) is 78.1 Å². The Morgan fingerprint density at radius 3 is 2.59 bits per heavy atom. The van der Waals surface area contributed by atoms with Gasteiger partial charge < -0.3 is 10.6 Å². The molecular weight excluding hydrogens is 384 g/mol. The van der Waals surface area contributed by atoms with Gasteiger partial charge in [-0.15, -0.1) is 11.8 Å². The Kier molecular flexibility index (Phi) is 7.47. The van der Waals surface area contributed by atoms with E-state index in [4.69, 9.17) is 0 Å². The van der Waals surface area contributed by atoms with Crippen molar-refractivity contribution in [3.63, 3.8) is 0 Å². The molecule has 0 unspecified atom stereocenters. The molecule has 3 aromatic rings. The van der Waals surface area contributed by atoms with Crippen LogP contribution >= 0.6 is 11.8 Å². The molecule has 2 amide bonds. The first-order chi connectivity index (χ1) is 14.1. The Labute approximate surface area is 174 Å². The van der Waals surface area contributed by atoms with Gasteiger partial charge in [-0.3, -0.25) is 9.59 Å². The molecule has 1 heterocycles. The highest BCUT2D eigenvalue weighted by atomic mass is 32.2. The van der Waals surface area contributed by atoms with E-state index < -0.39 is 0 Å². The van der Waals surface area contributed by atoms with E-state index in [-0.39, 0.29) is 23.3 Å². The third kappa shape index (κ3) is 6.80. The lowest BCUT2D eigenvalue weighted by Gasteiger charge is -2.06. The van der Waals surface area contributed by atoms with Crippen molar-refractivity contribution < 1.29 is 9.59 Å². The van der Waals surface area contributed by atoms with Crippen LogP contribution in [0.3, 0.4) is 0 Å². The summed E-state index contributed by atoms with van der Waals surface area (Å²) in [7, 11) is 0. The maximum absolute atomic E-state index is 12.0. The van der Waals surface area contributed by atoms with E-state index in [2.05, 4.69) is 15.7 Å². The van der Waals surface area contributed by atoms with Gasteiger partial charge in [0.05, 0.1) is 22.9 Å². The molecule has 0 bridgehead atoms. The van der Waals surface area contributed by atoms with Gasteiger partial charge in [-0.05, 0) is 42.8 Å². The van der Waals surface area contributed by atoms with Gasteiger partial charge in [-0.2, -0.15) is 5.10 Å². The van der Waals surface area contributed by atoms with Gasteiger partial charge in [-0.1, -0.05) is 30.3 Å². The van der Waals surface area contributed by atoms with Crippen LogP contribution in [0, 0.1) is 6.92 Å². The second-order valence-corrected chi connectivity index (χ2v) is 7.58. The average Bonchev–Trinajstić information content (AvgIpc) is 3.18. The van der Waals surface area contributed by atoms with E-state index >= 15 is 0 Å². The highest BCUT2D eigenvalue weighted by molar-refractivity contribution is 8.00. The Bertz CT molecular complexity index is 956. The van der Waals surface area contributed by atoms with Crippen LogP contribution in [0.1, 0.15) is 11.3 Å². The quantitative estimate of drug-likeness (QED) is 0.570. The van der Waals surface area contributed by atoms with Crippen LogP contribution in [-0.4, -0.2) is 39.6 Å². The first kappa shape index (κ1) is 20.7. The summed E-state index contributed by atoms with van der Waals surface area (Å²) in [5.41, 5.74) is 3.78. The summed E-state index contributed by atoms with van der Waals surface area (Å²) in [6, 6.07) is 19.5. The van der Waals surface area contributed by atoms with Crippen molar-refractivity contribution in [3.8, 4) is 5.69 Å². The minimum absolute atomic E-state index is 0.0825. The number of hydrogen-bond acceptors (Lipinski definition) is 4. The number of nitrogens with zero attached hydrogens (tertiary/aromatic N) is 2. The van der Waals surface area contributed by atoms with E-state index in [1.165, 1.54) is 11.8 Å². The zero-order chi connectivity index (χ0) is 20.5. The number of carbonyl (C=O) groups is 2. The summed E-state index contributed by atoms with van der Waals surface area (Å²) in [6.45, 7) is 2.49. The SMILES string of the molecule is Cc1cccc(NC(=O)CSCC(=O)NCCc2ccn(-c3ccccc3)n2)c1. The fourth-order valence-electron chi connectivity index (χ4n) is 2.76. The molecule has 2 N–H and O–H groups in total. The lowest BCUT2D eigenvalue weighted by Crippen LogP contribution is -2.28. The second kappa shape index (κ2) is 10.5. The normalized spacial score (nSPS) is 10.5. The second-order valence-electron chi connectivity index (χ2n) is 6.60. The highest BCUT2D eigenvalue weighted by Crippen LogP contribution is 2.10. The highest BCUT2D eigenvalue weighted by Gasteiger charge is 2.07. The van der Waals surface area contributed by atoms with Gasteiger partial charge in [-0.25, -0.2) is 4.68 Å². The minimum atomic E-state index is -0.111. The van der Waals surface area contributed by atoms with Crippen molar-refractivity contribution in [2.75, 3.05) is 23.4 Å². The molecule has 0 spiro atoms. The van der Waals surface area contributed by atoms with Crippen LogP contribution in [0.15, 0.2) is 66.9 Å². The van der Waals surface area contributed by atoms with Crippen LogP contribution < -0.4 is 10.6 Å². The molecule has 0 aliphatic heterocycles. The van der Waals surface area contributed by atoms with Crippen LogP contribution in [0.25, 0.3) is 5.69 Å². The Hall–Kier alpha value is -3.06.